The maximum Gasteiger partial charge on any atom is 0.358 e. The first kappa shape index (κ1) is 16.6. The molecule has 128 valence electrons. The third-order valence-corrected chi connectivity index (χ3v) is 3.54. The van der Waals surface area contributed by atoms with Gasteiger partial charge in [0, 0.05) is 6.20 Å². The van der Waals surface area contributed by atoms with Crippen molar-refractivity contribution in [1.82, 2.24) is 9.38 Å². The Balaban J connectivity index is 2.04. The van der Waals surface area contributed by atoms with Gasteiger partial charge < -0.3 is 9.84 Å². The number of imidazole rings is 1. The van der Waals surface area contributed by atoms with Gasteiger partial charge in [0.05, 0.1) is 6.61 Å². The molecule has 0 unspecified atom stereocenters. The number of para-hydroxylation sites is 1. The van der Waals surface area contributed by atoms with Crippen LogP contribution in [0, 0.1) is 6.92 Å². The van der Waals surface area contributed by atoms with Gasteiger partial charge in [0.15, 0.2) is 11.5 Å². The van der Waals surface area contributed by atoms with Crippen molar-refractivity contribution < 1.29 is 14.6 Å². The van der Waals surface area contributed by atoms with E-state index < -0.39 is 5.97 Å². The lowest BCUT2D eigenvalue weighted by molar-refractivity contribution is 0.0692. The molecule has 0 bridgehead atoms. The molecule has 3 rings (SSSR count). The van der Waals surface area contributed by atoms with Crippen molar-refractivity contribution in [2.24, 2.45) is 10.2 Å². The molecule has 0 saturated heterocycles. The molecule has 0 radical (unpaired) electrons. The number of carboxylic acids is 1. The standard InChI is InChI=1S/C18H18N4O3/c1-3-10-25-14-7-5-4-6-13(14)20-21-17-16(18(23)24)19-15-11-12(2)8-9-22(15)17/h4-9,11H,3,10H2,1-2H3,(H,23,24). The second-order valence-electron chi connectivity index (χ2n) is 5.54. The fourth-order valence-electron chi connectivity index (χ4n) is 2.35. The highest BCUT2D eigenvalue weighted by molar-refractivity contribution is 5.91. The first-order chi connectivity index (χ1) is 12.1. The number of aromatic carboxylic acids is 1. The average molecular weight is 338 g/mol. The highest BCUT2D eigenvalue weighted by Gasteiger charge is 2.18. The molecule has 7 nitrogen and oxygen atoms in total. The number of ether oxygens (including phenoxy) is 1. The fourth-order valence-corrected chi connectivity index (χ4v) is 2.35. The smallest absolute Gasteiger partial charge is 0.358 e. The SMILES string of the molecule is CCCOc1ccccc1N=Nc1c(C(=O)O)nc2cc(C)ccn12. The minimum absolute atomic E-state index is 0.138. The summed E-state index contributed by atoms with van der Waals surface area (Å²) < 4.78 is 7.25. The van der Waals surface area contributed by atoms with E-state index in [0.717, 1.165) is 12.0 Å². The Bertz CT molecular complexity index is 947. The molecule has 0 fully saturated rings. The van der Waals surface area contributed by atoms with Gasteiger partial charge in [-0.3, -0.25) is 4.40 Å². The molecule has 1 N–H and O–H groups in total. The maximum atomic E-state index is 11.5. The van der Waals surface area contributed by atoms with Crippen LogP contribution in [0.3, 0.4) is 0 Å². The van der Waals surface area contributed by atoms with Crippen molar-refractivity contribution in [2.45, 2.75) is 20.3 Å². The summed E-state index contributed by atoms with van der Waals surface area (Å²) in [4.78, 5) is 15.6. The molecule has 25 heavy (non-hydrogen) atoms. The molecule has 0 aliphatic rings. The van der Waals surface area contributed by atoms with Gasteiger partial charge in [0.25, 0.3) is 0 Å². The molecule has 2 heterocycles. The van der Waals surface area contributed by atoms with Gasteiger partial charge in [-0.2, -0.15) is 0 Å². The van der Waals surface area contributed by atoms with Crippen molar-refractivity contribution >= 4 is 23.1 Å². The van der Waals surface area contributed by atoms with E-state index in [1.807, 2.05) is 32.0 Å². The second-order valence-corrected chi connectivity index (χ2v) is 5.54. The summed E-state index contributed by atoms with van der Waals surface area (Å²) in [5.74, 6) is -0.367. The number of hydrogen-bond acceptors (Lipinski definition) is 5. The molecule has 0 saturated carbocycles. The average Bonchev–Trinajstić information content (AvgIpc) is 2.96. The Morgan fingerprint density at radius 3 is 2.84 bits per heavy atom. The summed E-state index contributed by atoms with van der Waals surface area (Å²) in [6.45, 7) is 4.50. The third kappa shape index (κ3) is 3.50. The highest BCUT2D eigenvalue weighted by Crippen LogP contribution is 2.30. The number of carboxylic acid groups (broad SMARTS) is 1. The molecule has 2 aromatic heterocycles. The molecule has 0 amide bonds. The second kappa shape index (κ2) is 7.12. The fraction of sp³-hybridized carbons (Fsp3) is 0.222. The van der Waals surface area contributed by atoms with Crippen LogP contribution in [0.2, 0.25) is 0 Å². The molecule has 0 spiro atoms. The zero-order valence-electron chi connectivity index (χ0n) is 14.0. The van der Waals surface area contributed by atoms with Crippen LogP contribution in [0.4, 0.5) is 11.5 Å². The number of nitrogens with zero attached hydrogens (tertiary/aromatic N) is 4. The molecular formula is C18H18N4O3. The van der Waals surface area contributed by atoms with E-state index in [0.29, 0.717) is 23.7 Å². The monoisotopic (exact) mass is 338 g/mol. The van der Waals surface area contributed by atoms with E-state index >= 15 is 0 Å². The van der Waals surface area contributed by atoms with Crippen molar-refractivity contribution in [1.29, 1.82) is 0 Å². The summed E-state index contributed by atoms with van der Waals surface area (Å²) in [6, 6.07) is 10.9. The number of benzene rings is 1. The lowest BCUT2D eigenvalue weighted by Crippen LogP contribution is -1.96. The number of hydrogen-bond donors (Lipinski definition) is 1. The number of fused-ring (bicyclic) bond motifs is 1. The van der Waals surface area contributed by atoms with E-state index in [4.69, 9.17) is 4.74 Å². The van der Waals surface area contributed by atoms with E-state index in [1.165, 1.54) is 0 Å². The van der Waals surface area contributed by atoms with E-state index in [1.54, 1.807) is 28.8 Å². The van der Waals surface area contributed by atoms with Crippen LogP contribution < -0.4 is 4.74 Å². The summed E-state index contributed by atoms with van der Waals surface area (Å²) in [5, 5.41) is 17.7. The zero-order chi connectivity index (χ0) is 17.8. The van der Waals surface area contributed by atoms with Crippen LogP contribution in [0.15, 0.2) is 52.8 Å². The molecule has 0 aliphatic carbocycles. The summed E-state index contributed by atoms with van der Waals surface area (Å²) in [6.07, 6.45) is 2.61. The van der Waals surface area contributed by atoms with Crippen molar-refractivity contribution in [3.63, 3.8) is 0 Å². The molecule has 3 aromatic rings. The quantitative estimate of drug-likeness (QED) is 0.668. The normalized spacial score (nSPS) is 11.3. The number of azo groups is 1. The molecule has 1 aromatic carbocycles. The summed E-state index contributed by atoms with van der Waals surface area (Å²) >= 11 is 0. The Morgan fingerprint density at radius 2 is 2.08 bits per heavy atom. The number of carbonyl (C=O) groups is 1. The van der Waals surface area contributed by atoms with Crippen molar-refractivity contribution in [3.05, 3.63) is 53.9 Å². The van der Waals surface area contributed by atoms with Crippen LogP contribution in [-0.2, 0) is 0 Å². The van der Waals surface area contributed by atoms with Crippen molar-refractivity contribution in [2.75, 3.05) is 6.61 Å². The molecule has 0 atom stereocenters. The predicted molar refractivity (Wildman–Crippen MR) is 93.3 cm³/mol. The minimum atomic E-state index is -1.15. The van der Waals surface area contributed by atoms with Crippen LogP contribution >= 0.6 is 0 Å². The molecular weight excluding hydrogens is 320 g/mol. The lowest BCUT2D eigenvalue weighted by atomic mass is 10.3. The Labute approximate surface area is 144 Å². The van der Waals surface area contributed by atoms with Crippen molar-refractivity contribution in [3.8, 4) is 5.75 Å². The van der Waals surface area contributed by atoms with Gasteiger partial charge in [-0.15, -0.1) is 10.2 Å². The lowest BCUT2D eigenvalue weighted by Gasteiger charge is -2.06. The number of pyridine rings is 1. The third-order valence-electron chi connectivity index (χ3n) is 3.54. The van der Waals surface area contributed by atoms with Gasteiger partial charge in [-0.25, -0.2) is 9.78 Å². The zero-order valence-corrected chi connectivity index (χ0v) is 14.0. The summed E-state index contributed by atoms with van der Waals surface area (Å²) in [7, 11) is 0. The van der Waals surface area contributed by atoms with Gasteiger partial charge >= 0.3 is 5.97 Å². The largest absolute Gasteiger partial charge is 0.491 e. The maximum absolute atomic E-state index is 11.5. The predicted octanol–water partition coefficient (Wildman–Crippen LogP) is 4.55. The van der Waals surface area contributed by atoms with Crippen LogP contribution in [0.1, 0.15) is 29.4 Å². The minimum Gasteiger partial charge on any atom is -0.491 e. The van der Waals surface area contributed by atoms with Crippen LogP contribution in [-0.4, -0.2) is 27.1 Å². The first-order valence-corrected chi connectivity index (χ1v) is 7.95. The Kier molecular flexibility index (Phi) is 4.74. The van der Waals surface area contributed by atoms with Crippen LogP contribution in [0.5, 0.6) is 5.75 Å². The van der Waals surface area contributed by atoms with Gasteiger partial charge in [0.1, 0.15) is 17.1 Å². The summed E-state index contributed by atoms with van der Waals surface area (Å²) in [5.41, 5.74) is 1.90. The van der Waals surface area contributed by atoms with E-state index in [-0.39, 0.29) is 11.5 Å². The number of aryl methyl sites for hydroxylation is 1. The topological polar surface area (TPSA) is 88.5 Å². The van der Waals surface area contributed by atoms with Gasteiger partial charge in [-0.05, 0) is 43.2 Å². The Morgan fingerprint density at radius 1 is 1.28 bits per heavy atom. The molecule has 7 heteroatoms. The Hall–Kier alpha value is -3.22. The van der Waals surface area contributed by atoms with Gasteiger partial charge in [-0.1, -0.05) is 19.1 Å². The van der Waals surface area contributed by atoms with Gasteiger partial charge in [0.2, 0.25) is 0 Å². The van der Waals surface area contributed by atoms with Crippen LogP contribution in [0.25, 0.3) is 5.65 Å². The highest BCUT2D eigenvalue weighted by atomic mass is 16.5. The number of rotatable bonds is 6. The van der Waals surface area contributed by atoms with E-state index in [2.05, 4.69) is 15.2 Å². The number of aromatic nitrogens is 2. The van der Waals surface area contributed by atoms with E-state index in [9.17, 15) is 9.90 Å². The first-order valence-electron chi connectivity index (χ1n) is 7.95. The molecule has 0 aliphatic heterocycles.